The molecule has 0 unspecified atom stereocenters. The number of H-pyrrole nitrogens is 1. The number of halogens is 1. The molecule has 7 heteroatoms. The molecular formula is C13H9ClN2O3S. The van der Waals surface area contributed by atoms with E-state index in [2.05, 4.69) is 4.98 Å². The van der Waals surface area contributed by atoms with Crippen molar-refractivity contribution in [2.75, 3.05) is 6.26 Å². The van der Waals surface area contributed by atoms with Crippen LogP contribution < -0.4 is 5.56 Å². The van der Waals surface area contributed by atoms with Crippen molar-refractivity contribution in [1.29, 1.82) is 5.26 Å². The summed E-state index contributed by atoms with van der Waals surface area (Å²) in [4.78, 5) is 13.7. The van der Waals surface area contributed by atoms with Crippen LogP contribution in [0.4, 0.5) is 0 Å². The lowest BCUT2D eigenvalue weighted by molar-refractivity contribution is 0.601. The van der Waals surface area contributed by atoms with Crippen molar-refractivity contribution < 1.29 is 8.42 Å². The molecule has 0 atom stereocenters. The van der Waals surface area contributed by atoms with Gasteiger partial charge in [-0.1, -0.05) is 23.7 Å². The SMILES string of the molecule is CS(=O)(=O)c1c(-c2cccc(Cl)c2)c[nH]c(=O)c1C#N. The van der Waals surface area contributed by atoms with Crippen LogP contribution >= 0.6 is 11.6 Å². The number of aromatic amines is 1. The van der Waals surface area contributed by atoms with Crippen molar-refractivity contribution in [3.05, 3.63) is 51.4 Å². The fraction of sp³-hybridized carbons (Fsp3) is 0.0769. The molecule has 0 aliphatic carbocycles. The summed E-state index contributed by atoms with van der Waals surface area (Å²) >= 11 is 5.88. The monoisotopic (exact) mass is 308 g/mol. The Morgan fingerprint density at radius 2 is 2.05 bits per heavy atom. The Balaban J connectivity index is 2.93. The van der Waals surface area contributed by atoms with Crippen molar-refractivity contribution in [1.82, 2.24) is 4.98 Å². The van der Waals surface area contributed by atoms with Gasteiger partial charge in [-0.2, -0.15) is 5.26 Å². The summed E-state index contributed by atoms with van der Waals surface area (Å²) in [5.41, 5.74) is -0.416. The lowest BCUT2D eigenvalue weighted by atomic mass is 10.1. The highest BCUT2D eigenvalue weighted by Crippen LogP contribution is 2.29. The summed E-state index contributed by atoms with van der Waals surface area (Å²) in [6.07, 6.45) is 2.22. The third kappa shape index (κ3) is 2.59. The summed E-state index contributed by atoms with van der Waals surface area (Å²) in [6.45, 7) is 0. The van der Waals surface area contributed by atoms with Gasteiger partial charge in [-0.3, -0.25) is 4.79 Å². The molecule has 0 aliphatic rings. The fourth-order valence-electron chi connectivity index (χ4n) is 1.87. The van der Waals surface area contributed by atoms with E-state index in [0.717, 1.165) is 6.26 Å². The molecule has 5 nitrogen and oxygen atoms in total. The number of hydrogen-bond donors (Lipinski definition) is 1. The number of sulfone groups is 1. The minimum atomic E-state index is -3.75. The van der Waals surface area contributed by atoms with Crippen LogP contribution in [0.5, 0.6) is 0 Å². The topological polar surface area (TPSA) is 90.8 Å². The molecule has 0 amide bonds. The number of rotatable bonds is 2. The van der Waals surface area contributed by atoms with Crippen LogP contribution in [0.25, 0.3) is 11.1 Å². The largest absolute Gasteiger partial charge is 0.327 e. The molecule has 1 heterocycles. The lowest BCUT2D eigenvalue weighted by Gasteiger charge is -2.09. The Morgan fingerprint density at radius 3 is 2.60 bits per heavy atom. The van der Waals surface area contributed by atoms with Crippen LogP contribution in [0.15, 0.2) is 40.2 Å². The molecular weight excluding hydrogens is 300 g/mol. The van der Waals surface area contributed by atoms with Gasteiger partial charge in [0.15, 0.2) is 9.84 Å². The number of pyridine rings is 1. The van der Waals surface area contributed by atoms with E-state index in [1.54, 1.807) is 30.3 Å². The summed E-state index contributed by atoms with van der Waals surface area (Å²) in [7, 11) is -3.75. The van der Waals surface area contributed by atoms with Crippen molar-refractivity contribution >= 4 is 21.4 Å². The molecule has 0 aliphatic heterocycles. The van der Waals surface area contributed by atoms with Crippen LogP contribution in [0.3, 0.4) is 0 Å². The zero-order chi connectivity index (χ0) is 14.9. The Kier molecular flexibility index (Phi) is 3.66. The summed E-state index contributed by atoms with van der Waals surface area (Å²) in [5, 5.41) is 9.45. The van der Waals surface area contributed by atoms with Crippen molar-refractivity contribution in [2.45, 2.75) is 4.90 Å². The Labute approximate surface area is 120 Å². The quantitative estimate of drug-likeness (QED) is 0.918. The summed E-state index contributed by atoms with van der Waals surface area (Å²) in [6, 6.07) is 8.14. The van der Waals surface area contributed by atoms with Crippen molar-refractivity contribution in [3.63, 3.8) is 0 Å². The zero-order valence-electron chi connectivity index (χ0n) is 10.3. The van der Waals surface area contributed by atoms with Gasteiger partial charge in [0.2, 0.25) is 0 Å². The van der Waals surface area contributed by atoms with Gasteiger partial charge in [0.05, 0.1) is 4.90 Å². The molecule has 20 heavy (non-hydrogen) atoms. The van der Waals surface area contributed by atoms with E-state index in [1.165, 1.54) is 6.20 Å². The Morgan fingerprint density at radius 1 is 1.35 bits per heavy atom. The molecule has 0 saturated heterocycles. The minimum absolute atomic E-state index is 0.242. The number of hydrogen-bond acceptors (Lipinski definition) is 4. The first-order valence-electron chi connectivity index (χ1n) is 5.46. The zero-order valence-corrected chi connectivity index (χ0v) is 11.9. The summed E-state index contributed by atoms with van der Waals surface area (Å²) in [5.74, 6) is 0. The Bertz CT molecular complexity index is 879. The molecule has 1 aromatic carbocycles. The van der Waals surface area contributed by atoms with E-state index < -0.39 is 21.0 Å². The average molecular weight is 309 g/mol. The Hall–Kier alpha value is -2.10. The molecule has 1 N–H and O–H groups in total. The van der Waals surface area contributed by atoms with E-state index in [-0.39, 0.29) is 10.5 Å². The van der Waals surface area contributed by atoms with Crippen LogP contribution in [-0.4, -0.2) is 19.7 Å². The number of nitriles is 1. The van der Waals surface area contributed by atoms with Crippen LogP contribution in [0.2, 0.25) is 5.02 Å². The maximum absolute atomic E-state index is 11.9. The maximum Gasteiger partial charge on any atom is 0.267 e. The van der Waals surface area contributed by atoms with Crippen molar-refractivity contribution in [3.8, 4) is 17.2 Å². The van der Waals surface area contributed by atoms with E-state index >= 15 is 0 Å². The average Bonchev–Trinajstić information content (AvgIpc) is 2.37. The molecule has 2 rings (SSSR count). The van der Waals surface area contributed by atoms with Gasteiger partial charge in [-0.05, 0) is 17.7 Å². The number of aromatic nitrogens is 1. The predicted molar refractivity (Wildman–Crippen MR) is 75.3 cm³/mol. The highest BCUT2D eigenvalue weighted by atomic mass is 35.5. The summed E-state index contributed by atoms with van der Waals surface area (Å²) < 4.78 is 23.8. The molecule has 2 aromatic rings. The number of nitrogens with one attached hydrogen (secondary N) is 1. The van der Waals surface area contributed by atoms with Gasteiger partial charge in [-0.15, -0.1) is 0 Å². The van der Waals surface area contributed by atoms with E-state index in [0.29, 0.717) is 10.6 Å². The first-order valence-corrected chi connectivity index (χ1v) is 7.73. The van der Waals surface area contributed by atoms with Crippen molar-refractivity contribution in [2.24, 2.45) is 0 Å². The number of nitrogens with zero attached hydrogens (tertiary/aromatic N) is 1. The highest BCUT2D eigenvalue weighted by molar-refractivity contribution is 7.91. The van der Waals surface area contributed by atoms with Gasteiger partial charge in [0.1, 0.15) is 11.6 Å². The maximum atomic E-state index is 11.9. The van der Waals surface area contributed by atoms with Gasteiger partial charge in [0, 0.05) is 23.0 Å². The second-order valence-corrected chi connectivity index (χ2v) is 6.52. The third-order valence-corrected chi connectivity index (χ3v) is 4.07. The minimum Gasteiger partial charge on any atom is -0.327 e. The van der Waals surface area contributed by atoms with Gasteiger partial charge in [-0.25, -0.2) is 8.42 Å². The van der Waals surface area contributed by atoms with Gasteiger partial charge in [0.25, 0.3) is 5.56 Å². The molecule has 0 radical (unpaired) electrons. The second-order valence-electron chi connectivity index (χ2n) is 4.13. The normalized spacial score (nSPS) is 11.1. The van der Waals surface area contributed by atoms with Crippen LogP contribution in [0, 0.1) is 11.3 Å². The molecule has 0 bridgehead atoms. The van der Waals surface area contributed by atoms with E-state index in [4.69, 9.17) is 16.9 Å². The molecule has 0 fully saturated rings. The van der Waals surface area contributed by atoms with E-state index in [9.17, 15) is 13.2 Å². The lowest BCUT2D eigenvalue weighted by Crippen LogP contribution is -2.16. The van der Waals surface area contributed by atoms with Crippen LogP contribution in [0.1, 0.15) is 5.56 Å². The van der Waals surface area contributed by atoms with Gasteiger partial charge >= 0.3 is 0 Å². The molecule has 102 valence electrons. The first kappa shape index (κ1) is 14.3. The van der Waals surface area contributed by atoms with Crippen LogP contribution in [-0.2, 0) is 9.84 Å². The predicted octanol–water partition coefficient (Wildman–Crippen LogP) is 1.97. The molecule has 0 saturated carbocycles. The highest BCUT2D eigenvalue weighted by Gasteiger charge is 2.22. The number of benzene rings is 1. The third-order valence-electron chi connectivity index (χ3n) is 2.66. The standard InChI is InChI=1S/C13H9ClN2O3S/c1-20(18,19)12-10(6-15)13(17)16-7-11(12)8-3-2-4-9(14)5-8/h2-5,7H,1H3,(H,16,17). The second kappa shape index (κ2) is 5.12. The fourth-order valence-corrected chi connectivity index (χ4v) is 3.15. The first-order chi connectivity index (χ1) is 9.34. The van der Waals surface area contributed by atoms with Gasteiger partial charge < -0.3 is 4.98 Å². The van der Waals surface area contributed by atoms with E-state index in [1.807, 2.05) is 0 Å². The smallest absolute Gasteiger partial charge is 0.267 e. The molecule has 1 aromatic heterocycles. The molecule has 0 spiro atoms.